The lowest BCUT2D eigenvalue weighted by Gasteiger charge is -1.93. The van der Waals surface area contributed by atoms with E-state index in [1.54, 1.807) is 0 Å². The van der Waals surface area contributed by atoms with Gasteiger partial charge in [-0.3, -0.25) is 24.5 Å². The fraction of sp³-hybridized carbons (Fsp3) is 0.182. The summed E-state index contributed by atoms with van der Waals surface area (Å²) in [6, 6.07) is 2.86. The third-order valence-corrected chi connectivity index (χ3v) is 1.32. The average Bonchev–Trinajstić information content (AvgIpc) is 2.27. The van der Waals surface area contributed by atoms with Crippen LogP contribution in [0.1, 0.15) is 24.2 Å². The number of carbonyl (C=O) groups excluding carboxylic acids is 1. The van der Waals surface area contributed by atoms with Gasteiger partial charge >= 0.3 is 0 Å². The van der Waals surface area contributed by atoms with Crippen LogP contribution in [0, 0.1) is 15.9 Å². The van der Waals surface area contributed by atoms with Gasteiger partial charge in [0.15, 0.2) is 6.29 Å². The molecule has 0 bridgehead atoms. The molecule has 2 N–H and O–H groups in total. The average molecular weight is 289 g/mol. The van der Waals surface area contributed by atoms with Crippen molar-refractivity contribution in [2.75, 3.05) is 0 Å². The summed E-state index contributed by atoms with van der Waals surface area (Å²) >= 11 is 0. The van der Waals surface area contributed by atoms with Crippen molar-refractivity contribution in [2.45, 2.75) is 13.8 Å². The summed E-state index contributed by atoms with van der Waals surface area (Å²) in [7, 11) is 0. The van der Waals surface area contributed by atoms with Crippen molar-refractivity contribution in [2.24, 2.45) is 0 Å². The molecule has 0 aromatic heterocycles. The molecule has 8 nitrogen and oxygen atoms in total. The first kappa shape index (κ1) is 19.5. The third kappa shape index (κ3) is 11.6. The SMILES string of the molecule is CC(=O)O.CC(=O)O.O=Cc1ccc([N+](=O)[O-])cc1F. The van der Waals surface area contributed by atoms with E-state index in [-0.39, 0.29) is 11.3 Å². The number of aldehydes is 1. The first-order valence-electron chi connectivity index (χ1n) is 4.90. The van der Waals surface area contributed by atoms with Crippen LogP contribution in [0.25, 0.3) is 0 Å². The topological polar surface area (TPSA) is 135 Å². The second kappa shape index (κ2) is 10.1. The number of nitro groups is 1. The Hall–Kier alpha value is -2.84. The number of hydrogen-bond donors (Lipinski definition) is 2. The summed E-state index contributed by atoms with van der Waals surface area (Å²) in [6.07, 6.45) is 0.305. The van der Waals surface area contributed by atoms with E-state index >= 15 is 0 Å². The van der Waals surface area contributed by atoms with Gasteiger partial charge in [-0.2, -0.15) is 0 Å². The van der Waals surface area contributed by atoms with Gasteiger partial charge in [0, 0.05) is 19.9 Å². The molecule has 0 spiro atoms. The smallest absolute Gasteiger partial charge is 0.300 e. The molecule has 0 heterocycles. The molecule has 110 valence electrons. The number of rotatable bonds is 2. The Morgan fingerprint density at radius 3 is 1.90 bits per heavy atom. The molecule has 0 fully saturated rings. The minimum atomic E-state index is -0.876. The Balaban J connectivity index is 0. The summed E-state index contributed by atoms with van der Waals surface area (Å²) in [5.74, 6) is -2.54. The van der Waals surface area contributed by atoms with Crippen molar-refractivity contribution in [3.05, 3.63) is 39.7 Å². The number of carboxylic acids is 2. The Bertz CT molecular complexity index is 482. The Morgan fingerprint density at radius 1 is 1.25 bits per heavy atom. The van der Waals surface area contributed by atoms with Gasteiger partial charge in [0.25, 0.3) is 17.6 Å². The standard InChI is InChI=1S/C7H4FNO3.2C2H4O2/c8-7-3-6(9(11)12)2-1-5(7)4-10;2*1-2(3)4/h1-4H;2*1H3,(H,3,4). The van der Waals surface area contributed by atoms with Gasteiger partial charge in [0.05, 0.1) is 16.6 Å². The molecule has 9 heteroatoms. The van der Waals surface area contributed by atoms with Crippen LogP contribution in [0.4, 0.5) is 10.1 Å². The summed E-state index contributed by atoms with van der Waals surface area (Å²) in [5, 5.41) is 24.9. The molecule has 0 unspecified atom stereocenters. The molecule has 0 radical (unpaired) electrons. The molecule has 0 saturated carbocycles. The van der Waals surface area contributed by atoms with Crippen molar-refractivity contribution < 1.29 is 33.9 Å². The quantitative estimate of drug-likeness (QED) is 0.480. The maximum atomic E-state index is 12.7. The van der Waals surface area contributed by atoms with Crippen LogP contribution >= 0.6 is 0 Å². The highest BCUT2D eigenvalue weighted by atomic mass is 19.1. The predicted octanol–water partition coefficient (Wildman–Crippen LogP) is 1.73. The van der Waals surface area contributed by atoms with Crippen LogP contribution < -0.4 is 0 Å². The highest BCUT2D eigenvalue weighted by molar-refractivity contribution is 5.75. The molecule has 1 aromatic carbocycles. The van der Waals surface area contributed by atoms with Crippen molar-refractivity contribution in [1.82, 2.24) is 0 Å². The Labute approximate surface area is 112 Å². The molecule has 0 aliphatic heterocycles. The van der Waals surface area contributed by atoms with E-state index < -0.39 is 22.7 Å². The van der Waals surface area contributed by atoms with Gasteiger partial charge in [-0.25, -0.2) is 4.39 Å². The molecular formula is C11H12FNO7. The van der Waals surface area contributed by atoms with Gasteiger partial charge in [0.2, 0.25) is 0 Å². The highest BCUT2D eigenvalue weighted by Gasteiger charge is 2.09. The largest absolute Gasteiger partial charge is 0.481 e. The first-order chi connectivity index (χ1) is 9.11. The van der Waals surface area contributed by atoms with E-state index in [9.17, 15) is 19.3 Å². The summed E-state index contributed by atoms with van der Waals surface area (Å²) in [4.78, 5) is 37.5. The molecule has 0 saturated heterocycles. The number of nitrogens with zero attached hydrogens (tertiary/aromatic N) is 1. The van der Waals surface area contributed by atoms with Crippen LogP contribution in [0.5, 0.6) is 0 Å². The number of carbonyl (C=O) groups is 3. The Kier molecular flexibility index (Phi) is 9.86. The van der Waals surface area contributed by atoms with Gasteiger partial charge < -0.3 is 10.2 Å². The zero-order chi connectivity index (χ0) is 16.3. The minimum absolute atomic E-state index is 0.180. The van der Waals surface area contributed by atoms with E-state index in [0.717, 1.165) is 26.0 Å². The van der Waals surface area contributed by atoms with Gasteiger partial charge in [-0.1, -0.05) is 0 Å². The molecule has 20 heavy (non-hydrogen) atoms. The second-order valence-corrected chi connectivity index (χ2v) is 3.12. The Morgan fingerprint density at radius 2 is 1.65 bits per heavy atom. The number of benzene rings is 1. The lowest BCUT2D eigenvalue weighted by atomic mass is 10.2. The van der Waals surface area contributed by atoms with Crippen molar-refractivity contribution >= 4 is 23.9 Å². The molecule has 0 aliphatic carbocycles. The van der Waals surface area contributed by atoms with E-state index in [0.29, 0.717) is 12.4 Å². The molecular weight excluding hydrogens is 277 g/mol. The van der Waals surface area contributed by atoms with Crippen molar-refractivity contribution in [3.63, 3.8) is 0 Å². The fourth-order valence-corrected chi connectivity index (χ4v) is 0.725. The monoisotopic (exact) mass is 289 g/mol. The third-order valence-electron chi connectivity index (χ3n) is 1.32. The number of halogens is 1. The summed E-state index contributed by atoms with van der Waals surface area (Å²) in [5.41, 5.74) is -0.543. The lowest BCUT2D eigenvalue weighted by molar-refractivity contribution is -0.385. The molecule has 0 amide bonds. The van der Waals surface area contributed by atoms with Crippen LogP contribution in [0.3, 0.4) is 0 Å². The number of non-ortho nitro benzene ring substituents is 1. The lowest BCUT2D eigenvalue weighted by Crippen LogP contribution is -1.92. The van der Waals surface area contributed by atoms with Gasteiger partial charge in [0.1, 0.15) is 5.82 Å². The fourth-order valence-electron chi connectivity index (χ4n) is 0.725. The maximum Gasteiger partial charge on any atom is 0.300 e. The number of nitro benzene ring substituents is 1. The molecule has 0 atom stereocenters. The van der Waals surface area contributed by atoms with Crippen LogP contribution in [0.15, 0.2) is 18.2 Å². The minimum Gasteiger partial charge on any atom is -0.481 e. The number of carboxylic acid groups (broad SMARTS) is 2. The normalized spacial score (nSPS) is 8.15. The zero-order valence-electron chi connectivity index (χ0n) is 10.6. The highest BCUT2D eigenvalue weighted by Crippen LogP contribution is 2.14. The van der Waals surface area contributed by atoms with E-state index in [1.165, 1.54) is 0 Å². The number of hydrogen-bond acceptors (Lipinski definition) is 5. The maximum absolute atomic E-state index is 12.7. The second-order valence-electron chi connectivity index (χ2n) is 3.12. The molecule has 1 aromatic rings. The van der Waals surface area contributed by atoms with Crippen LogP contribution in [-0.4, -0.2) is 33.4 Å². The summed E-state index contributed by atoms with van der Waals surface area (Å²) < 4.78 is 12.7. The molecule has 1 rings (SSSR count). The van der Waals surface area contributed by atoms with E-state index in [4.69, 9.17) is 19.8 Å². The van der Waals surface area contributed by atoms with Crippen LogP contribution in [-0.2, 0) is 9.59 Å². The number of aliphatic carboxylic acids is 2. The van der Waals surface area contributed by atoms with Gasteiger partial charge in [-0.15, -0.1) is 0 Å². The van der Waals surface area contributed by atoms with Crippen LogP contribution in [0.2, 0.25) is 0 Å². The van der Waals surface area contributed by atoms with Crippen molar-refractivity contribution in [3.8, 4) is 0 Å². The predicted molar refractivity (Wildman–Crippen MR) is 65.1 cm³/mol. The van der Waals surface area contributed by atoms with E-state index in [2.05, 4.69) is 0 Å². The zero-order valence-corrected chi connectivity index (χ0v) is 10.6. The van der Waals surface area contributed by atoms with Gasteiger partial charge in [-0.05, 0) is 6.07 Å². The molecule has 0 aliphatic rings. The first-order valence-corrected chi connectivity index (χ1v) is 4.90. The van der Waals surface area contributed by atoms with Crippen molar-refractivity contribution in [1.29, 1.82) is 0 Å². The summed E-state index contributed by atoms with van der Waals surface area (Å²) in [6.45, 7) is 2.17. The van der Waals surface area contributed by atoms with E-state index in [1.807, 2.05) is 0 Å².